The van der Waals surface area contributed by atoms with Crippen molar-refractivity contribution in [3.8, 4) is 5.75 Å². The molecule has 0 saturated carbocycles. The number of carbonyl (C=O) groups excluding carboxylic acids is 1. The number of ether oxygens (including phenoxy) is 2. The van der Waals surface area contributed by atoms with Crippen LogP contribution in [0.4, 0.5) is 0 Å². The van der Waals surface area contributed by atoms with Crippen LogP contribution in [0.15, 0.2) is 54.6 Å². The van der Waals surface area contributed by atoms with Gasteiger partial charge in [-0.05, 0) is 11.6 Å². The van der Waals surface area contributed by atoms with Gasteiger partial charge in [-0.1, -0.05) is 64.5 Å². The SMILES string of the molecule is CC(=O)O[C@@H]1c2ccccc2O[C@H](c2ccccc2)[C@@H]1Br. The Morgan fingerprint density at radius 3 is 2.48 bits per heavy atom. The highest BCUT2D eigenvalue weighted by atomic mass is 79.9. The molecule has 21 heavy (non-hydrogen) atoms. The van der Waals surface area contributed by atoms with Crippen LogP contribution in [0, 0.1) is 0 Å². The monoisotopic (exact) mass is 346 g/mol. The van der Waals surface area contributed by atoms with Gasteiger partial charge in [-0.2, -0.15) is 0 Å². The maximum absolute atomic E-state index is 11.4. The lowest BCUT2D eigenvalue weighted by atomic mass is 9.94. The minimum absolute atomic E-state index is 0.140. The van der Waals surface area contributed by atoms with E-state index in [-0.39, 0.29) is 23.0 Å². The predicted molar refractivity (Wildman–Crippen MR) is 83.5 cm³/mol. The van der Waals surface area contributed by atoms with Gasteiger partial charge in [0.2, 0.25) is 0 Å². The van der Waals surface area contributed by atoms with E-state index in [1.165, 1.54) is 6.92 Å². The van der Waals surface area contributed by atoms with E-state index < -0.39 is 0 Å². The topological polar surface area (TPSA) is 35.5 Å². The molecule has 2 aromatic carbocycles. The number of rotatable bonds is 2. The van der Waals surface area contributed by atoms with Crippen LogP contribution in [0.2, 0.25) is 0 Å². The minimum atomic E-state index is -0.363. The largest absolute Gasteiger partial charge is 0.484 e. The molecule has 1 aliphatic rings. The van der Waals surface area contributed by atoms with Crippen LogP contribution in [0.25, 0.3) is 0 Å². The average Bonchev–Trinajstić information content (AvgIpc) is 2.50. The van der Waals surface area contributed by atoms with Crippen LogP contribution < -0.4 is 4.74 Å². The molecule has 3 atom stereocenters. The molecule has 0 bridgehead atoms. The molecule has 2 aromatic rings. The van der Waals surface area contributed by atoms with Gasteiger partial charge in [-0.25, -0.2) is 0 Å². The quantitative estimate of drug-likeness (QED) is 0.604. The molecule has 4 heteroatoms. The molecular formula is C17H15BrO3. The summed E-state index contributed by atoms with van der Waals surface area (Å²) < 4.78 is 11.6. The van der Waals surface area contributed by atoms with Gasteiger partial charge in [0.1, 0.15) is 18.0 Å². The Kier molecular flexibility index (Phi) is 3.97. The van der Waals surface area contributed by atoms with Crippen molar-refractivity contribution in [2.45, 2.75) is 24.0 Å². The number of benzene rings is 2. The summed E-state index contributed by atoms with van der Waals surface area (Å²) in [4.78, 5) is 11.3. The van der Waals surface area contributed by atoms with Crippen molar-refractivity contribution < 1.29 is 14.3 Å². The van der Waals surface area contributed by atoms with Gasteiger partial charge in [0.05, 0.1) is 4.83 Å². The van der Waals surface area contributed by atoms with Gasteiger partial charge in [0.15, 0.2) is 0 Å². The molecule has 1 heterocycles. The molecule has 0 unspecified atom stereocenters. The second kappa shape index (κ2) is 5.90. The van der Waals surface area contributed by atoms with Crippen LogP contribution in [0.5, 0.6) is 5.75 Å². The zero-order chi connectivity index (χ0) is 14.8. The molecule has 3 rings (SSSR count). The standard InChI is InChI=1S/C17H15BrO3/c1-11(19)20-17-13-9-5-6-10-14(13)21-16(15(17)18)12-7-3-2-4-8-12/h2-10,15-17H,1H3/t15-,16+,17+/m0/s1. The predicted octanol–water partition coefficient (Wildman–Crippen LogP) is 4.19. The number of hydrogen-bond donors (Lipinski definition) is 0. The molecule has 1 aliphatic heterocycles. The summed E-state index contributed by atoms with van der Waals surface area (Å²) in [6.45, 7) is 1.43. The number of esters is 1. The van der Waals surface area contributed by atoms with Gasteiger partial charge < -0.3 is 9.47 Å². The van der Waals surface area contributed by atoms with Crippen LogP contribution in [-0.2, 0) is 9.53 Å². The first-order chi connectivity index (χ1) is 10.2. The lowest BCUT2D eigenvalue weighted by Crippen LogP contribution is -2.32. The number of fused-ring (bicyclic) bond motifs is 1. The van der Waals surface area contributed by atoms with E-state index >= 15 is 0 Å². The molecule has 0 radical (unpaired) electrons. The van der Waals surface area contributed by atoms with E-state index in [1.807, 2.05) is 54.6 Å². The van der Waals surface area contributed by atoms with Gasteiger partial charge in [-0.3, -0.25) is 4.79 Å². The van der Waals surface area contributed by atoms with Crippen molar-refractivity contribution in [3.63, 3.8) is 0 Å². The van der Waals surface area contributed by atoms with Crippen molar-refractivity contribution in [2.75, 3.05) is 0 Å². The Morgan fingerprint density at radius 1 is 1.10 bits per heavy atom. The first-order valence-electron chi connectivity index (χ1n) is 6.78. The Hall–Kier alpha value is -1.81. The molecule has 0 saturated heterocycles. The fourth-order valence-electron chi connectivity index (χ4n) is 2.56. The fourth-order valence-corrected chi connectivity index (χ4v) is 3.36. The maximum atomic E-state index is 11.4. The summed E-state index contributed by atoms with van der Waals surface area (Å²) in [5, 5.41) is 0. The van der Waals surface area contributed by atoms with E-state index in [2.05, 4.69) is 15.9 Å². The summed E-state index contributed by atoms with van der Waals surface area (Å²) in [5.74, 6) is 0.460. The lowest BCUT2D eigenvalue weighted by molar-refractivity contribution is -0.148. The van der Waals surface area contributed by atoms with Crippen molar-refractivity contribution in [2.24, 2.45) is 0 Å². The maximum Gasteiger partial charge on any atom is 0.303 e. The van der Waals surface area contributed by atoms with E-state index in [0.29, 0.717) is 0 Å². The normalized spacial score (nSPS) is 23.8. The van der Waals surface area contributed by atoms with Crippen molar-refractivity contribution in [1.29, 1.82) is 0 Å². The van der Waals surface area contributed by atoms with Crippen molar-refractivity contribution in [1.82, 2.24) is 0 Å². The highest BCUT2D eigenvalue weighted by molar-refractivity contribution is 9.09. The lowest BCUT2D eigenvalue weighted by Gasteiger charge is -2.36. The molecule has 108 valence electrons. The molecule has 0 N–H and O–H groups in total. The van der Waals surface area contributed by atoms with Crippen LogP contribution in [0.1, 0.15) is 30.3 Å². The Morgan fingerprint density at radius 2 is 1.76 bits per heavy atom. The Balaban J connectivity index is 2.02. The molecule has 0 amide bonds. The molecule has 0 fully saturated rings. The zero-order valence-corrected chi connectivity index (χ0v) is 13.1. The fraction of sp³-hybridized carbons (Fsp3) is 0.235. The Labute approximate surface area is 132 Å². The number of para-hydroxylation sites is 1. The minimum Gasteiger partial charge on any atom is -0.484 e. The second-order valence-electron chi connectivity index (χ2n) is 4.96. The summed E-state index contributed by atoms with van der Waals surface area (Å²) in [5.41, 5.74) is 1.94. The number of alkyl halides is 1. The molecule has 3 nitrogen and oxygen atoms in total. The van der Waals surface area contributed by atoms with Crippen molar-refractivity contribution >= 4 is 21.9 Å². The third kappa shape index (κ3) is 2.81. The highest BCUT2D eigenvalue weighted by Gasteiger charge is 2.39. The molecular weight excluding hydrogens is 332 g/mol. The van der Waals surface area contributed by atoms with Gasteiger partial charge >= 0.3 is 5.97 Å². The summed E-state index contributed by atoms with van der Waals surface area (Å²) in [6, 6.07) is 17.6. The first-order valence-corrected chi connectivity index (χ1v) is 7.70. The smallest absolute Gasteiger partial charge is 0.303 e. The molecule has 0 aromatic heterocycles. The van der Waals surface area contributed by atoms with Gasteiger partial charge in [-0.15, -0.1) is 0 Å². The third-order valence-electron chi connectivity index (χ3n) is 3.48. The number of halogens is 1. The zero-order valence-electron chi connectivity index (χ0n) is 11.5. The average molecular weight is 347 g/mol. The van der Waals surface area contributed by atoms with E-state index in [4.69, 9.17) is 9.47 Å². The van der Waals surface area contributed by atoms with Gasteiger partial charge in [0.25, 0.3) is 0 Å². The van der Waals surface area contributed by atoms with E-state index in [1.54, 1.807) is 0 Å². The molecule has 0 aliphatic carbocycles. The van der Waals surface area contributed by atoms with Crippen molar-refractivity contribution in [3.05, 3.63) is 65.7 Å². The first kappa shape index (κ1) is 14.1. The van der Waals surface area contributed by atoms with E-state index in [9.17, 15) is 4.79 Å². The summed E-state index contributed by atoms with van der Waals surface area (Å²) in [7, 11) is 0. The van der Waals surface area contributed by atoms with Crippen LogP contribution in [0.3, 0.4) is 0 Å². The van der Waals surface area contributed by atoms with E-state index in [0.717, 1.165) is 16.9 Å². The number of carbonyl (C=O) groups is 1. The van der Waals surface area contributed by atoms with Gasteiger partial charge in [0, 0.05) is 12.5 Å². The summed E-state index contributed by atoms with van der Waals surface area (Å²) >= 11 is 3.65. The third-order valence-corrected chi connectivity index (χ3v) is 4.44. The number of hydrogen-bond acceptors (Lipinski definition) is 3. The Bertz CT molecular complexity index is 641. The molecule has 0 spiro atoms. The summed E-state index contributed by atoms with van der Waals surface area (Å²) in [6.07, 6.45) is -0.567. The van der Waals surface area contributed by atoms with Crippen LogP contribution >= 0.6 is 15.9 Å². The van der Waals surface area contributed by atoms with Crippen LogP contribution in [-0.4, -0.2) is 10.8 Å². The highest BCUT2D eigenvalue weighted by Crippen LogP contribution is 2.46. The second-order valence-corrected chi connectivity index (χ2v) is 6.02.